The van der Waals surface area contributed by atoms with E-state index in [0.29, 0.717) is 4.99 Å². The third kappa shape index (κ3) is 3.17. The van der Waals surface area contributed by atoms with Crippen LogP contribution in [0.4, 0.5) is 5.82 Å². The van der Waals surface area contributed by atoms with Crippen LogP contribution in [0.25, 0.3) is 0 Å². The number of aromatic nitrogens is 2. The average molecular weight is 288 g/mol. The predicted molar refractivity (Wildman–Crippen MR) is 87.1 cm³/mol. The maximum absolute atomic E-state index is 5.80. The van der Waals surface area contributed by atoms with Gasteiger partial charge < -0.3 is 11.1 Å². The molecule has 0 fully saturated rings. The van der Waals surface area contributed by atoms with Crippen LogP contribution in [0.1, 0.15) is 23.7 Å². The lowest BCUT2D eigenvalue weighted by Gasteiger charge is -2.16. The highest BCUT2D eigenvalue weighted by Crippen LogP contribution is 2.20. The number of rotatable bonds is 5. The molecule has 0 spiro atoms. The summed E-state index contributed by atoms with van der Waals surface area (Å²) in [5.41, 5.74) is 8.78. The Morgan fingerprint density at radius 3 is 2.65 bits per heavy atom. The van der Waals surface area contributed by atoms with Crippen molar-refractivity contribution >= 4 is 23.0 Å². The molecule has 3 N–H and O–H groups in total. The molecule has 0 aliphatic rings. The molecular formula is C15H20N4S. The molecule has 1 aromatic carbocycles. The molecule has 1 aromatic heterocycles. The minimum atomic E-state index is 0.264. The molecule has 0 saturated heterocycles. The SMILES string of the molecule is Cc1nn(C)c(NC(C)Cc2ccccc2)c1C(N)=S. The van der Waals surface area contributed by atoms with Gasteiger partial charge in [0, 0.05) is 13.1 Å². The van der Waals surface area contributed by atoms with Crippen LogP contribution in [0.15, 0.2) is 30.3 Å². The molecular weight excluding hydrogens is 268 g/mol. The van der Waals surface area contributed by atoms with Gasteiger partial charge >= 0.3 is 0 Å². The molecule has 0 saturated carbocycles. The predicted octanol–water partition coefficient (Wildman–Crippen LogP) is 2.41. The van der Waals surface area contributed by atoms with Gasteiger partial charge in [-0.2, -0.15) is 5.10 Å². The summed E-state index contributed by atoms with van der Waals surface area (Å²) in [6, 6.07) is 10.6. The van der Waals surface area contributed by atoms with E-state index in [4.69, 9.17) is 18.0 Å². The van der Waals surface area contributed by atoms with Crippen LogP contribution < -0.4 is 11.1 Å². The van der Waals surface area contributed by atoms with Crippen molar-refractivity contribution in [3.63, 3.8) is 0 Å². The lowest BCUT2D eigenvalue weighted by Crippen LogP contribution is -2.22. The van der Waals surface area contributed by atoms with Crippen LogP contribution in [0.5, 0.6) is 0 Å². The summed E-state index contributed by atoms with van der Waals surface area (Å²) in [5.74, 6) is 0.887. The lowest BCUT2D eigenvalue weighted by atomic mass is 10.1. The Bertz CT molecular complexity index is 604. The molecule has 0 aliphatic heterocycles. The Morgan fingerprint density at radius 2 is 2.05 bits per heavy atom. The molecule has 2 rings (SSSR count). The minimum absolute atomic E-state index is 0.264. The van der Waals surface area contributed by atoms with Crippen molar-refractivity contribution in [1.82, 2.24) is 9.78 Å². The maximum Gasteiger partial charge on any atom is 0.134 e. The Balaban J connectivity index is 2.16. The number of thiocarbonyl (C=S) groups is 1. The fourth-order valence-corrected chi connectivity index (χ4v) is 2.62. The van der Waals surface area contributed by atoms with E-state index in [0.717, 1.165) is 23.5 Å². The molecule has 1 heterocycles. The van der Waals surface area contributed by atoms with Gasteiger partial charge in [0.1, 0.15) is 10.8 Å². The van der Waals surface area contributed by atoms with Crippen molar-refractivity contribution in [2.75, 3.05) is 5.32 Å². The topological polar surface area (TPSA) is 55.9 Å². The normalized spacial score (nSPS) is 12.2. The van der Waals surface area contributed by atoms with E-state index in [1.54, 1.807) is 4.68 Å². The number of nitrogens with two attached hydrogens (primary N) is 1. The largest absolute Gasteiger partial charge is 0.389 e. The molecule has 0 radical (unpaired) electrons. The highest BCUT2D eigenvalue weighted by Gasteiger charge is 2.17. The van der Waals surface area contributed by atoms with E-state index in [9.17, 15) is 0 Å². The van der Waals surface area contributed by atoms with Crippen molar-refractivity contribution in [1.29, 1.82) is 0 Å². The quantitative estimate of drug-likeness (QED) is 0.830. The van der Waals surface area contributed by atoms with Crippen LogP contribution in [0, 0.1) is 6.92 Å². The first-order valence-electron chi connectivity index (χ1n) is 6.63. The molecule has 0 aliphatic carbocycles. The molecule has 106 valence electrons. The summed E-state index contributed by atoms with van der Waals surface area (Å²) >= 11 is 5.12. The van der Waals surface area contributed by atoms with Gasteiger partial charge in [0.2, 0.25) is 0 Å². The summed E-state index contributed by atoms with van der Waals surface area (Å²) in [7, 11) is 1.90. The highest BCUT2D eigenvalue weighted by atomic mass is 32.1. The summed E-state index contributed by atoms with van der Waals surface area (Å²) in [4.78, 5) is 0.380. The van der Waals surface area contributed by atoms with E-state index in [1.165, 1.54) is 5.56 Å². The van der Waals surface area contributed by atoms with E-state index < -0.39 is 0 Å². The zero-order valence-electron chi connectivity index (χ0n) is 12.1. The molecule has 4 nitrogen and oxygen atoms in total. The van der Waals surface area contributed by atoms with E-state index >= 15 is 0 Å². The molecule has 0 amide bonds. The second-order valence-corrected chi connectivity index (χ2v) is 5.47. The monoisotopic (exact) mass is 288 g/mol. The third-order valence-corrected chi connectivity index (χ3v) is 3.44. The zero-order chi connectivity index (χ0) is 14.7. The Labute approximate surface area is 125 Å². The van der Waals surface area contributed by atoms with Gasteiger partial charge in [-0.3, -0.25) is 4.68 Å². The molecule has 20 heavy (non-hydrogen) atoms. The van der Waals surface area contributed by atoms with Crippen molar-refractivity contribution < 1.29 is 0 Å². The number of anilines is 1. The maximum atomic E-state index is 5.80. The number of nitrogens with zero attached hydrogens (tertiary/aromatic N) is 2. The second-order valence-electron chi connectivity index (χ2n) is 5.03. The number of aryl methyl sites for hydroxylation is 2. The number of hydrogen-bond donors (Lipinski definition) is 2. The number of nitrogens with one attached hydrogen (secondary N) is 1. The van der Waals surface area contributed by atoms with Crippen molar-refractivity contribution in [3.8, 4) is 0 Å². The smallest absolute Gasteiger partial charge is 0.134 e. The highest BCUT2D eigenvalue weighted by molar-refractivity contribution is 7.80. The molecule has 1 atom stereocenters. The van der Waals surface area contributed by atoms with E-state index in [2.05, 4.69) is 41.6 Å². The van der Waals surface area contributed by atoms with Gasteiger partial charge in [0.15, 0.2) is 0 Å². The van der Waals surface area contributed by atoms with Gasteiger partial charge in [-0.05, 0) is 25.8 Å². The standard InChI is InChI=1S/C15H20N4S/c1-10(9-12-7-5-4-6-8-12)17-15-13(14(16)20)11(2)18-19(15)3/h4-8,10,17H,9H2,1-3H3,(H2,16,20). The van der Waals surface area contributed by atoms with Crippen molar-refractivity contribution in [2.45, 2.75) is 26.3 Å². The van der Waals surface area contributed by atoms with Crippen LogP contribution in [-0.2, 0) is 13.5 Å². The zero-order valence-corrected chi connectivity index (χ0v) is 12.9. The summed E-state index contributed by atoms with van der Waals surface area (Å²) in [5, 5.41) is 7.84. The first kappa shape index (κ1) is 14.5. The summed E-state index contributed by atoms with van der Waals surface area (Å²) < 4.78 is 1.80. The van der Waals surface area contributed by atoms with Crippen LogP contribution in [0.2, 0.25) is 0 Å². The molecule has 2 aromatic rings. The van der Waals surface area contributed by atoms with Gasteiger partial charge in [0.25, 0.3) is 0 Å². The number of benzene rings is 1. The Morgan fingerprint density at radius 1 is 1.40 bits per heavy atom. The van der Waals surface area contributed by atoms with Crippen LogP contribution in [-0.4, -0.2) is 20.8 Å². The molecule has 0 bridgehead atoms. The third-order valence-electron chi connectivity index (χ3n) is 3.24. The lowest BCUT2D eigenvalue weighted by molar-refractivity contribution is 0.724. The first-order chi connectivity index (χ1) is 9.49. The van der Waals surface area contributed by atoms with Crippen LogP contribution >= 0.6 is 12.2 Å². The van der Waals surface area contributed by atoms with Gasteiger partial charge in [-0.25, -0.2) is 0 Å². The van der Waals surface area contributed by atoms with Gasteiger partial charge in [-0.15, -0.1) is 0 Å². The fraction of sp³-hybridized carbons (Fsp3) is 0.333. The summed E-state index contributed by atoms with van der Waals surface area (Å²) in [6.45, 7) is 4.06. The van der Waals surface area contributed by atoms with Crippen LogP contribution in [0.3, 0.4) is 0 Å². The van der Waals surface area contributed by atoms with E-state index in [1.807, 2.05) is 20.0 Å². The average Bonchev–Trinajstić information content (AvgIpc) is 2.65. The fourth-order valence-electron chi connectivity index (χ4n) is 2.37. The Kier molecular flexibility index (Phi) is 4.39. The number of hydrogen-bond acceptors (Lipinski definition) is 3. The minimum Gasteiger partial charge on any atom is -0.389 e. The second kappa shape index (κ2) is 6.05. The summed E-state index contributed by atoms with van der Waals surface area (Å²) in [6.07, 6.45) is 0.932. The van der Waals surface area contributed by atoms with Gasteiger partial charge in [0.05, 0.1) is 11.3 Å². The molecule has 1 unspecified atom stereocenters. The Hall–Kier alpha value is -1.88. The first-order valence-corrected chi connectivity index (χ1v) is 7.03. The molecule has 5 heteroatoms. The van der Waals surface area contributed by atoms with Crippen molar-refractivity contribution in [2.24, 2.45) is 12.8 Å². The van der Waals surface area contributed by atoms with Gasteiger partial charge in [-0.1, -0.05) is 42.5 Å². The van der Waals surface area contributed by atoms with Crippen molar-refractivity contribution in [3.05, 3.63) is 47.2 Å². The van der Waals surface area contributed by atoms with E-state index in [-0.39, 0.29) is 6.04 Å².